The molecule has 17 heavy (non-hydrogen) atoms. The molecule has 0 aliphatic heterocycles. The number of carbonyl (C=O) groups is 1. The van der Waals surface area contributed by atoms with Crippen LogP contribution in [-0.4, -0.2) is 45.4 Å². The number of likely N-dealkylation sites (N-methyl/N-ethyl adjacent to an activating group) is 1. The monoisotopic (exact) mass is 239 g/mol. The third-order valence-electron chi connectivity index (χ3n) is 2.25. The number of hydrogen-bond acceptors (Lipinski definition) is 4. The first kappa shape index (κ1) is 13.4. The lowest BCUT2D eigenvalue weighted by atomic mass is 10.3. The van der Waals surface area contributed by atoms with Gasteiger partial charge in [0.1, 0.15) is 6.54 Å². The smallest absolute Gasteiger partial charge is 0.267 e. The number of aryl methyl sites for hydroxylation is 1. The van der Waals surface area contributed by atoms with Crippen LogP contribution < -0.4 is 5.56 Å². The van der Waals surface area contributed by atoms with Crippen LogP contribution in [0.1, 0.15) is 12.6 Å². The predicted octanol–water partition coefficient (Wildman–Crippen LogP) is -0.609. The zero-order chi connectivity index (χ0) is 13.0. The largest absolute Gasteiger partial charge is 0.392 e. The van der Waals surface area contributed by atoms with Gasteiger partial charge in [-0.25, -0.2) is 4.68 Å². The highest BCUT2D eigenvalue weighted by Gasteiger charge is 2.12. The number of hydrogen-bond donors (Lipinski definition) is 1. The van der Waals surface area contributed by atoms with Crippen molar-refractivity contribution in [2.45, 2.75) is 26.5 Å². The zero-order valence-electron chi connectivity index (χ0n) is 10.3. The second-order valence-corrected chi connectivity index (χ2v) is 4.09. The summed E-state index contributed by atoms with van der Waals surface area (Å²) in [6.07, 6.45) is -0.592. The fourth-order valence-corrected chi connectivity index (χ4v) is 1.41. The number of amides is 1. The molecule has 1 aromatic rings. The molecule has 0 aliphatic rings. The van der Waals surface area contributed by atoms with Crippen molar-refractivity contribution in [1.29, 1.82) is 0 Å². The van der Waals surface area contributed by atoms with Gasteiger partial charge in [-0.2, -0.15) is 5.10 Å². The van der Waals surface area contributed by atoms with Crippen LogP contribution in [0.4, 0.5) is 0 Å². The van der Waals surface area contributed by atoms with Gasteiger partial charge in [0.05, 0.1) is 11.8 Å². The van der Waals surface area contributed by atoms with E-state index in [4.69, 9.17) is 5.11 Å². The van der Waals surface area contributed by atoms with Gasteiger partial charge in [-0.15, -0.1) is 0 Å². The summed E-state index contributed by atoms with van der Waals surface area (Å²) in [4.78, 5) is 24.5. The van der Waals surface area contributed by atoms with Crippen LogP contribution in [0.3, 0.4) is 0 Å². The molecule has 0 aromatic carbocycles. The minimum atomic E-state index is -0.592. The third-order valence-corrected chi connectivity index (χ3v) is 2.25. The number of aromatic nitrogens is 2. The summed E-state index contributed by atoms with van der Waals surface area (Å²) in [5.74, 6) is -0.258. The summed E-state index contributed by atoms with van der Waals surface area (Å²) in [7, 11) is 1.58. The molecule has 6 heteroatoms. The number of aliphatic hydroxyl groups is 1. The first-order valence-corrected chi connectivity index (χ1v) is 5.37. The summed E-state index contributed by atoms with van der Waals surface area (Å²) in [5, 5.41) is 13.1. The van der Waals surface area contributed by atoms with Gasteiger partial charge in [-0.3, -0.25) is 9.59 Å². The van der Waals surface area contributed by atoms with Gasteiger partial charge < -0.3 is 10.0 Å². The molecular formula is C11H17N3O3. The highest BCUT2D eigenvalue weighted by molar-refractivity contribution is 5.75. The highest BCUT2D eigenvalue weighted by atomic mass is 16.3. The van der Waals surface area contributed by atoms with E-state index in [1.54, 1.807) is 27.0 Å². The van der Waals surface area contributed by atoms with E-state index in [2.05, 4.69) is 5.10 Å². The lowest BCUT2D eigenvalue weighted by Crippen LogP contribution is -2.38. The number of nitrogens with zero attached hydrogens (tertiary/aromatic N) is 3. The molecule has 1 heterocycles. The van der Waals surface area contributed by atoms with Gasteiger partial charge in [0.15, 0.2) is 0 Å². The molecule has 0 saturated heterocycles. The maximum absolute atomic E-state index is 11.7. The van der Waals surface area contributed by atoms with Crippen molar-refractivity contribution in [2.75, 3.05) is 13.6 Å². The molecule has 0 radical (unpaired) electrons. The van der Waals surface area contributed by atoms with Gasteiger partial charge in [0.25, 0.3) is 5.56 Å². The Bertz CT molecular complexity index is 454. The van der Waals surface area contributed by atoms with E-state index in [0.717, 1.165) is 4.68 Å². The van der Waals surface area contributed by atoms with E-state index < -0.39 is 6.10 Å². The van der Waals surface area contributed by atoms with Crippen LogP contribution in [-0.2, 0) is 11.3 Å². The molecule has 0 saturated carbocycles. The molecule has 94 valence electrons. The minimum Gasteiger partial charge on any atom is -0.392 e. The van der Waals surface area contributed by atoms with Crippen molar-refractivity contribution in [3.05, 3.63) is 28.2 Å². The van der Waals surface area contributed by atoms with Gasteiger partial charge in [0, 0.05) is 19.7 Å². The van der Waals surface area contributed by atoms with Crippen molar-refractivity contribution in [3.63, 3.8) is 0 Å². The van der Waals surface area contributed by atoms with Gasteiger partial charge in [-0.05, 0) is 19.9 Å². The SMILES string of the molecule is Cc1ccc(=O)n(CC(=O)N(C)CC(C)O)n1. The Morgan fingerprint density at radius 1 is 1.59 bits per heavy atom. The molecule has 0 fully saturated rings. The second kappa shape index (κ2) is 5.58. The standard InChI is InChI=1S/C11H17N3O3/c1-8-4-5-10(16)14(12-8)7-11(17)13(3)6-9(2)15/h4-5,9,15H,6-7H2,1-3H3. The Hall–Kier alpha value is -1.69. The summed E-state index contributed by atoms with van der Waals surface area (Å²) >= 11 is 0. The van der Waals surface area contributed by atoms with E-state index >= 15 is 0 Å². The molecular weight excluding hydrogens is 222 g/mol. The topological polar surface area (TPSA) is 75.4 Å². The van der Waals surface area contributed by atoms with Crippen LogP contribution in [0.25, 0.3) is 0 Å². The third kappa shape index (κ3) is 3.99. The average Bonchev–Trinajstić information content (AvgIpc) is 2.22. The van der Waals surface area contributed by atoms with Gasteiger partial charge in [-0.1, -0.05) is 0 Å². The summed E-state index contributed by atoms with van der Waals surface area (Å²) in [5.41, 5.74) is 0.366. The van der Waals surface area contributed by atoms with Crippen molar-refractivity contribution >= 4 is 5.91 Å². The number of carbonyl (C=O) groups excluding carboxylic acids is 1. The first-order valence-electron chi connectivity index (χ1n) is 5.37. The van der Waals surface area contributed by atoms with Crippen LogP contribution in [0.15, 0.2) is 16.9 Å². The Balaban J connectivity index is 2.74. The van der Waals surface area contributed by atoms with E-state index in [1.165, 1.54) is 11.0 Å². The Labute approximate surface area is 99.5 Å². The Morgan fingerprint density at radius 3 is 2.82 bits per heavy atom. The molecule has 1 amide bonds. The van der Waals surface area contributed by atoms with E-state index in [0.29, 0.717) is 5.69 Å². The van der Waals surface area contributed by atoms with Gasteiger partial charge >= 0.3 is 0 Å². The number of aliphatic hydroxyl groups excluding tert-OH is 1. The molecule has 1 N–H and O–H groups in total. The maximum Gasteiger partial charge on any atom is 0.267 e. The predicted molar refractivity (Wildman–Crippen MR) is 62.6 cm³/mol. The molecule has 1 aromatic heterocycles. The maximum atomic E-state index is 11.7. The molecule has 1 unspecified atom stereocenters. The van der Waals surface area contributed by atoms with E-state index in [1.807, 2.05) is 0 Å². The second-order valence-electron chi connectivity index (χ2n) is 4.09. The van der Waals surface area contributed by atoms with E-state index in [9.17, 15) is 9.59 Å². The normalized spacial score (nSPS) is 12.2. The van der Waals surface area contributed by atoms with Crippen molar-refractivity contribution < 1.29 is 9.90 Å². The molecule has 0 aliphatic carbocycles. The van der Waals surface area contributed by atoms with Crippen molar-refractivity contribution in [2.24, 2.45) is 0 Å². The lowest BCUT2D eigenvalue weighted by molar-refractivity contribution is -0.131. The summed E-state index contributed by atoms with van der Waals surface area (Å²) in [6.45, 7) is 3.48. The molecule has 1 rings (SSSR count). The number of rotatable bonds is 4. The van der Waals surface area contributed by atoms with Crippen LogP contribution in [0, 0.1) is 6.92 Å². The summed E-state index contributed by atoms with van der Waals surface area (Å²) in [6, 6.07) is 2.98. The first-order chi connectivity index (χ1) is 7.90. The van der Waals surface area contributed by atoms with Crippen molar-refractivity contribution in [3.8, 4) is 0 Å². The highest BCUT2D eigenvalue weighted by Crippen LogP contribution is 1.92. The summed E-state index contributed by atoms with van der Waals surface area (Å²) < 4.78 is 1.12. The Morgan fingerprint density at radius 2 is 2.24 bits per heavy atom. The zero-order valence-corrected chi connectivity index (χ0v) is 10.3. The van der Waals surface area contributed by atoms with Crippen LogP contribution in [0.2, 0.25) is 0 Å². The van der Waals surface area contributed by atoms with Gasteiger partial charge in [0.2, 0.25) is 5.91 Å². The lowest BCUT2D eigenvalue weighted by Gasteiger charge is -2.18. The van der Waals surface area contributed by atoms with Crippen LogP contribution in [0.5, 0.6) is 0 Å². The molecule has 0 spiro atoms. The van der Waals surface area contributed by atoms with Crippen LogP contribution >= 0.6 is 0 Å². The minimum absolute atomic E-state index is 0.107. The fraction of sp³-hybridized carbons (Fsp3) is 0.545. The molecule has 0 bridgehead atoms. The average molecular weight is 239 g/mol. The fourth-order valence-electron chi connectivity index (χ4n) is 1.41. The van der Waals surface area contributed by atoms with E-state index in [-0.39, 0.29) is 24.6 Å². The quantitative estimate of drug-likeness (QED) is 0.760. The van der Waals surface area contributed by atoms with Crippen molar-refractivity contribution in [1.82, 2.24) is 14.7 Å². The molecule has 1 atom stereocenters. The Kier molecular flexibility index (Phi) is 4.39. The molecule has 6 nitrogen and oxygen atoms in total.